The maximum Gasteiger partial charge on any atom is 0.357 e. The number of carbonyl (C=O) groups is 3. The van der Waals surface area contributed by atoms with Crippen molar-refractivity contribution in [1.82, 2.24) is 10.2 Å². The van der Waals surface area contributed by atoms with Crippen molar-refractivity contribution < 1.29 is 43.9 Å². The zero-order valence-electron chi connectivity index (χ0n) is 24.0. The summed E-state index contributed by atoms with van der Waals surface area (Å²) in [7, 11) is 2.00. The third-order valence-electron chi connectivity index (χ3n) is 9.40. The van der Waals surface area contributed by atoms with E-state index in [0.29, 0.717) is 36.3 Å². The Morgan fingerprint density at radius 3 is 2.67 bits per heavy atom. The minimum Gasteiger partial charge on any atom is -0.481 e. The molecule has 2 unspecified atom stereocenters. The lowest BCUT2D eigenvalue weighted by Crippen LogP contribution is -2.74. The fourth-order valence-corrected chi connectivity index (χ4v) is 7.37. The summed E-state index contributed by atoms with van der Waals surface area (Å²) in [6.45, 7) is 0.149. The van der Waals surface area contributed by atoms with Gasteiger partial charge in [-0.15, -0.1) is 0 Å². The van der Waals surface area contributed by atoms with E-state index < -0.39 is 41.1 Å². The van der Waals surface area contributed by atoms with E-state index in [9.17, 15) is 24.6 Å². The van der Waals surface area contributed by atoms with E-state index >= 15 is 0 Å². The van der Waals surface area contributed by atoms with Crippen LogP contribution in [0.15, 0.2) is 54.3 Å². The Hall–Kier alpha value is -3.77. The number of piperidine rings is 1. The third kappa shape index (κ3) is 4.71. The molecule has 2 aromatic rings. The van der Waals surface area contributed by atoms with Crippen molar-refractivity contribution in [1.29, 1.82) is 0 Å². The van der Waals surface area contributed by atoms with Gasteiger partial charge in [0.15, 0.2) is 6.10 Å². The Morgan fingerprint density at radius 2 is 1.93 bits per heavy atom. The van der Waals surface area contributed by atoms with Gasteiger partial charge in [-0.25, -0.2) is 4.79 Å². The van der Waals surface area contributed by atoms with Crippen molar-refractivity contribution in [2.24, 2.45) is 0 Å². The predicted molar refractivity (Wildman–Crippen MR) is 152 cm³/mol. The van der Waals surface area contributed by atoms with Crippen LogP contribution in [0.3, 0.4) is 0 Å². The largest absolute Gasteiger partial charge is 0.481 e. The molecule has 2 aromatic carbocycles. The van der Waals surface area contributed by atoms with Crippen LogP contribution in [0.25, 0.3) is 0 Å². The van der Waals surface area contributed by atoms with Crippen molar-refractivity contribution in [3.8, 4) is 5.75 Å². The van der Waals surface area contributed by atoms with Crippen LogP contribution >= 0.6 is 0 Å². The highest BCUT2D eigenvalue weighted by atomic mass is 16.6. The summed E-state index contributed by atoms with van der Waals surface area (Å²) in [4.78, 5) is 40.3. The number of nitrogens with zero attached hydrogens (tertiary/aromatic N) is 1. The molecular formula is C32H36N2O9. The molecule has 4 N–H and O–H groups in total. The van der Waals surface area contributed by atoms with E-state index in [0.717, 1.165) is 11.1 Å². The molecule has 2 aliphatic heterocycles. The molecule has 1 saturated heterocycles. The second-order valence-electron chi connectivity index (χ2n) is 11.7. The standard InChI is InChI=1S/C32H36N2O9/c1-34-15-13-31-26-20-7-8-21(18-36)27(26)43-29(31)22(9-12-32(31,40)23(34)17-20)41-30(39)28(19-5-3-2-4-6-19)42-25(38)10-14-33-24(37)11-16-35/h2-9,23,28-29,35-36,40H,10-18H2,1H3,(H,33,37)/t23-,28-,29?,31?,32-/m1/s1. The first-order valence-electron chi connectivity index (χ1n) is 14.6. The van der Waals surface area contributed by atoms with Gasteiger partial charge in [0, 0.05) is 42.1 Å². The number of ether oxygens (including phenoxy) is 3. The molecule has 0 aromatic heterocycles. The molecule has 43 heavy (non-hydrogen) atoms. The average Bonchev–Trinajstić information content (AvgIpc) is 3.35. The van der Waals surface area contributed by atoms with Gasteiger partial charge in [0.25, 0.3) is 0 Å². The highest BCUT2D eigenvalue weighted by molar-refractivity contribution is 5.82. The zero-order valence-corrected chi connectivity index (χ0v) is 24.0. The van der Waals surface area contributed by atoms with Crippen LogP contribution in [0.5, 0.6) is 5.75 Å². The summed E-state index contributed by atoms with van der Waals surface area (Å²) in [5, 5.41) is 33.9. The fourth-order valence-electron chi connectivity index (χ4n) is 7.37. The van der Waals surface area contributed by atoms with E-state index in [4.69, 9.17) is 19.3 Å². The van der Waals surface area contributed by atoms with Gasteiger partial charge in [0.2, 0.25) is 12.0 Å². The van der Waals surface area contributed by atoms with Gasteiger partial charge in [-0.05, 0) is 38.1 Å². The Bertz CT molecular complexity index is 1460. The van der Waals surface area contributed by atoms with Crippen LogP contribution in [0.1, 0.15) is 54.0 Å². The molecule has 0 saturated carbocycles. The number of amides is 1. The molecule has 1 amide bonds. The van der Waals surface area contributed by atoms with E-state index in [1.165, 1.54) is 0 Å². The van der Waals surface area contributed by atoms with Gasteiger partial charge in [0.1, 0.15) is 11.5 Å². The van der Waals surface area contributed by atoms with Crippen LogP contribution in [0, 0.1) is 0 Å². The van der Waals surface area contributed by atoms with Gasteiger partial charge >= 0.3 is 11.9 Å². The molecular weight excluding hydrogens is 556 g/mol. The Morgan fingerprint density at radius 1 is 1.14 bits per heavy atom. The van der Waals surface area contributed by atoms with Gasteiger partial charge in [0.05, 0.1) is 30.7 Å². The van der Waals surface area contributed by atoms with Crippen LogP contribution < -0.4 is 10.1 Å². The van der Waals surface area contributed by atoms with Gasteiger partial charge in [-0.1, -0.05) is 42.5 Å². The Labute approximate surface area is 249 Å². The minimum atomic E-state index is -1.38. The van der Waals surface area contributed by atoms with Crippen LogP contribution in [-0.2, 0) is 42.3 Å². The molecule has 228 valence electrons. The summed E-state index contributed by atoms with van der Waals surface area (Å²) < 4.78 is 18.1. The maximum absolute atomic E-state index is 13.8. The highest BCUT2D eigenvalue weighted by Gasteiger charge is 2.72. The number of nitrogens with one attached hydrogen (secondary N) is 1. The third-order valence-corrected chi connectivity index (χ3v) is 9.40. The van der Waals surface area contributed by atoms with Crippen LogP contribution in [-0.4, -0.2) is 82.6 Å². The summed E-state index contributed by atoms with van der Waals surface area (Å²) in [5.74, 6) is -1.17. The first-order chi connectivity index (χ1) is 20.7. The highest BCUT2D eigenvalue weighted by Crippen LogP contribution is 2.64. The number of aliphatic hydroxyl groups is 3. The number of esters is 2. The van der Waals surface area contributed by atoms with Crippen molar-refractivity contribution >= 4 is 17.8 Å². The minimum absolute atomic E-state index is 0.0141. The average molecular weight is 593 g/mol. The van der Waals surface area contributed by atoms with E-state index in [-0.39, 0.29) is 50.8 Å². The van der Waals surface area contributed by atoms with Crippen LogP contribution in [0.2, 0.25) is 0 Å². The first kappa shape index (κ1) is 29.3. The number of hydrogen-bond acceptors (Lipinski definition) is 10. The molecule has 6 rings (SSSR count). The van der Waals surface area contributed by atoms with Crippen molar-refractivity contribution in [3.63, 3.8) is 0 Å². The Balaban J connectivity index is 1.28. The molecule has 11 nitrogen and oxygen atoms in total. The quantitative estimate of drug-likeness (QED) is 0.296. The molecule has 11 heteroatoms. The second-order valence-corrected chi connectivity index (χ2v) is 11.7. The molecule has 1 fully saturated rings. The number of carbonyl (C=O) groups excluding carboxylic acids is 3. The van der Waals surface area contributed by atoms with Crippen molar-refractivity contribution in [2.75, 3.05) is 26.7 Å². The molecule has 1 spiro atoms. The number of hydrogen-bond donors (Lipinski definition) is 4. The number of aliphatic hydroxyl groups excluding tert-OH is 2. The smallest absolute Gasteiger partial charge is 0.357 e. The topological polar surface area (TPSA) is 155 Å². The number of likely N-dealkylation sites (N-methyl/N-ethyl adjacent to an activating group) is 1. The van der Waals surface area contributed by atoms with Crippen molar-refractivity contribution in [3.05, 3.63) is 76.6 Å². The van der Waals surface area contributed by atoms with Gasteiger partial charge in [-0.3, -0.25) is 9.59 Å². The molecule has 2 aliphatic carbocycles. The molecule has 4 aliphatic rings. The van der Waals surface area contributed by atoms with E-state index in [1.807, 2.05) is 19.2 Å². The second kappa shape index (κ2) is 11.4. The molecule has 2 heterocycles. The lowest BCUT2D eigenvalue weighted by Gasteiger charge is -2.61. The van der Waals surface area contributed by atoms with Crippen LogP contribution in [0.4, 0.5) is 0 Å². The summed E-state index contributed by atoms with van der Waals surface area (Å²) in [5.41, 5.74) is 0.883. The lowest BCUT2D eigenvalue weighted by atomic mass is 9.50. The fraction of sp³-hybridized carbons (Fsp3) is 0.469. The van der Waals surface area contributed by atoms with Crippen molar-refractivity contribution in [2.45, 2.75) is 68.0 Å². The zero-order chi connectivity index (χ0) is 30.4. The summed E-state index contributed by atoms with van der Waals surface area (Å²) in [6, 6.07) is 12.2. The number of rotatable bonds is 10. The van der Waals surface area contributed by atoms with E-state index in [1.54, 1.807) is 36.4 Å². The molecule has 5 atom stereocenters. The molecule has 0 radical (unpaired) electrons. The lowest BCUT2D eigenvalue weighted by molar-refractivity contribution is -0.176. The Kier molecular flexibility index (Phi) is 7.76. The number of likely N-dealkylation sites (tertiary alicyclic amines) is 1. The maximum atomic E-state index is 13.8. The monoisotopic (exact) mass is 592 g/mol. The first-order valence-corrected chi connectivity index (χ1v) is 14.6. The summed E-state index contributed by atoms with van der Waals surface area (Å²) in [6.07, 6.45) is 0.657. The SMILES string of the molecule is CN1CCC23c4c5ccc(CO)c4OC2C(OC(=O)[C@H](OC(=O)CCNC(=O)CCO)c2ccccc2)=CC[C@@]3(O)[C@H]1C5. The van der Waals surface area contributed by atoms with Gasteiger partial charge in [-0.2, -0.15) is 0 Å². The van der Waals surface area contributed by atoms with E-state index in [2.05, 4.69) is 10.2 Å². The number of benzene rings is 2. The normalized spacial score (nSPS) is 27.3. The van der Waals surface area contributed by atoms with Gasteiger partial charge < -0.3 is 39.7 Å². The summed E-state index contributed by atoms with van der Waals surface area (Å²) >= 11 is 0. The predicted octanol–water partition coefficient (Wildman–Crippen LogP) is 1.17. The molecule has 2 bridgehead atoms.